The molecule has 24 heavy (non-hydrogen) atoms. The Bertz CT molecular complexity index is 763. The van der Waals surface area contributed by atoms with Gasteiger partial charge in [0.15, 0.2) is 0 Å². The van der Waals surface area contributed by atoms with E-state index in [4.69, 9.17) is 11.6 Å². The van der Waals surface area contributed by atoms with Gasteiger partial charge in [-0.15, -0.1) is 0 Å². The molecule has 4 nitrogen and oxygen atoms in total. The first-order chi connectivity index (χ1) is 11.2. The fourth-order valence-electron chi connectivity index (χ4n) is 2.28. The highest BCUT2D eigenvalue weighted by molar-refractivity contribution is 6.31. The third kappa shape index (κ3) is 3.72. The second-order valence-corrected chi connectivity index (χ2v) is 6.41. The van der Waals surface area contributed by atoms with Crippen LogP contribution in [0.3, 0.4) is 0 Å². The van der Waals surface area contributed by atoms with Crippen molar-refractivity contribution in [2.45, 2.75) is 32.5 Å². The van der Waals surface area contributed by atoms with E-state index in [1.165, 1.54) is 12.1 Å². The molecule has 0 spiro atoms. The van der Waals surface area contributed by atoms with Gasteiger partial charge in [0.1, 0.15) is 5.82 Å². The summed E-state index contributed by atoms with van der Waals surface area (Å²) in [5.74, 6) is 1.50. The van der Waals surface area contributed by atoms with E-state index in [0.29, 0.717) is 23.7 Å². The van der Waals surface area contributed by atoms with Crippen LogP contribution < -0.4 is 10.6 Å². The second kappa shape index (κ2) is 6.12. The maximum atomic E-state index is 13.0. The first kappa shape index (κ1) is 16.8. The number of anilines is 3. The van der Waals surface area contributed by atoms with Crippen LogP contribution in [0.1, 0.15) is 24.5 Å². The van der Waals surface area contributed by atoms with Gasteiger partial charge in [-0.1, -0.05) is 18.5 Å². The highest BCUT2D eigenvalue weighted by Crippen LogP contribution is 2.37. The molecule has 2 atom stereocenters. The molecule has 1 aliphatic carbocycles. The molecule has 0 aliphatic heterocycles. The molecule has 0 saturated heterocycles. The number of hydrogen-bond donors (Lipinski definition) is 2. The fraction of sp³-hybridized carbons (Fsp3) is 0.375. The van der Waals surface area contributed by atoms with Gasteiger partial charge in [-0.2, -0.15) is 18.2 Å². The molecule has 128 valence electrons. The van der Waals surface area contributed by atoms with Crippen LogP contribution in [0.2, 0.25) is 5.02 Å². The summed E-state index contributed by atoms with van der Waals surface area (Å²) in [5, 5.41) is 5.77. The molecule has 3 rings (SSSR count). The quantitative estimate of drug-likeness (QED) is 0.807. The van der Waals surface area contributed by atoms with Crippen molar-refractivity contribution in [3.05, 3.63) is 40.5 Å². The van der Waals surface area contributed by atoms with E-state index in [2.05, 4.69) is 27.5 Å². The van der Waals surface area contributed by atoms with Crippen molar-refractivity contribution >= 4 is 29.1 Å². The lowest BCUT2D eigenvalue weighted by molar-refractivity contribution is -0.137. The summed E-state index contributed by atoms with van der Waals surface area (Å²) in [5.41, 5.74) is 0.109. The first-order valence-corrected chi connectivity index (χ1v) is 7.86. The van der Waals surface area contributed by atoms with Crippen LogP contribution in [0, 0.1) is 12.8 Å². The van der Waals surface area contributed by atoms with Crippen LogP contribution in [0.4, 0.5) is 30.6 Å². The summed E-state index contributed by atoms with van der Waals surface area (Å²) in [6.07, 6.45) is -1.82. The largest absolute Gasteiger partial charge is 0.417 e. The van der Waals surface area contributed by atoms with E-state index in [9.17, 15) is 13.2 Å². The van der Waals surface area contributed by atoms with Crippen LogP contribution in [0.5, 0.6) is 0 Å². The molecule has 0 radical (unpaired) electrons. The number of benzene rings is 1. The number of alkyl halides is 3. The Balaban J connectivity index is 1.84. The Labute approximate surface area is 142 Å². The minimum Gasteiger partial charge on any atom is -0.351 e. The average Bonchev–Trinajstić information content (AvgIpc) is 3.18. The van der Waals surface area contributed by atoms with Crippen molar-refractivity contribution in [1.29, 1.82) is 0 Å². The van der Waals surface area contributed by atoms with E-state index in [-0.39, 0.29) is 10.7 Å². The van der Waals surface area contributed by atoms with E-state index in [0.717, 1.165) is 18.1 Å². The molecule has 0 bridgehead atoms. The van der Waals surface area contributed by atoms with Gasteiger partial charge in [0.05, 0.1) is 10.6 Å². The zero-order valence-corrected chi connectivity index (χ0v) is 13.8. The average molecular weight is 357 g/mol. The summed E-state index contributed by atoms with van der Waals surface area (Å²) in [6, 6.07) is 4.02. The third-order valence-electron chi connectivity index (χ3n) is 3.93. The third-order valence-corrected chi connectivity index (χ3v) is 4.26. The van der Waals surface area contributed by atoms with E-state index >= 15 is 0 Å². The van der Waals surface area contributed by atoms with Crippen LogP contribution >= 0.6 is 11.6 Å². The van der Waals surface area contributed by atoms with Crippen LogP contribution in [-0.4, -0.2) is 16.0 Å². The van der Waals surface area contributed by atoms with Gasteiger partial charge >= 0.3 is 6.18 Å². The van der Waals surface area contributed by atoms with Gasteiger partial charge in [-0.05, 0) is 37.5 Å². The van der Waals surface area contributed by atoms with E-state index < -0.39 is 11.7 Å². The molecule has 1 fully saturated rings. The predicted molar refractivity (Wildman–Crippen MR) is 87.7 cm³/mol. The Hall–Kier alpha value is -2.02. The molecule has 1 aromatic carbocycles. The number of aryl methyl sites for hydroxylation is 1. The van der Waals surface area contributed by atoms with Crippen molar-refractivity contribution in [3.8, 4) is 0 Å². The minimum absolute atomic E-state index is 0.263. The summed E-state index contributed by atoms with van der Waals surface area (Å²) in [6.45, 7) is 3.91. The molecular formula is C16H16ClF3N4. The molecule has 1 heterocycles. The van der Waals surface area contributed by atoms with Crippen molar-refractivity contribution < 1.29 is 13.2 Å². The highest BCUT2D eigenvalue weighted by Gasteiger charge is 2.34. The number of nitrogens with one attached hydrogen (secondary N) is 2. The highest BCUT2D eigenvalue weighted by atomic mass is 35.5. The van der Waals surface area contributed by atoms with Gasteiger partial charge < -0.3 is 10.6 Å². The summed E-state index contributed by atoms with van der Waals surface area (Å²) < 4.78 is 38.9. The topological polar surface area (TPSA) is 49.8 Å². The molecule has 1 aromatic heterocycles. The van der Waals surface area contributed by atoms with Gasteiger partial charge in [0, 0.05) is 23.5 Å². The number of halogens is 4. The molecule has 2 unspecified atom stereocenters. The Morgan fingerprint density at radius 1 is 1.29 bits per heavy atom. The number of nitrogens with zero attached hydrogens (tertiary/aromatic N) is 2. The number of rotatable bonds is 4. The van der Waals surface area contributed by atoms with Gasteiger partial charge in [-0.3, -0.25) is 0 Å². The second-order valence-electron chi connectivity index (χ2n) is 6.01. The van der Waals surface area contributed by atoms with Gasteiger partial charge in [0.25, 0.3) is 0 Å². The molecule has 1 aliphatic rings. The summed E-state index contributed by atoms with van der Waals surface area (Å²) in [7, 11) is 0. The van der Waals surface area contributed by atoms with E-state index in [1.54, 1.807) is 13.1 Å². The number of aromatic nitrogens is 2. The lowest BCUT2D eigenvalue weighted by Crippen LogP contribution is -2.10. The first-order valence-electron chi connectivity index (χ1n) is 7.48. The van der Waals surface area contributed by atoms with Crippen molar-refractivity contribution in [3.63, 3.8) is 0 Å². The molecule has 1 saturated carbocycles. The van der Waals surface area contributed by atoms with Gasteiger partial charge in [-0.25, -0.2) is 4.98 Å². The SMILES string of the molecule is Cc1cnc(NC2CC2C)nc1Nc1ccc(Cl)c(C(F)(F)F)c1. The van der Waals surface area contributed by atoms with Crippen molar-refractivity contribution in [2.75, 3.05) is 10.6 Å². The Morgan fingerprint density at radius 2 is 2.00 bits per heavy atom. The van der Waals surface area contributed by atoms with Crippen molar-refractivity contribution in [1.82, 2.24) is 9.97 Å². The lowest BCUT2D eigenvalue weighted by atomic mass is 10.2. The van der Waals surface area contributed by atoms with Gasteiger partial charge in [0.2, 0.25) is 5.95 Å². The lowest BCUT2D eigenvalue weighted by Gasteiger charge is -2.14. The molecule has 2 aromatic rings. The van der Waals surface area contributed by atoms with E-state index in [1.807, 2.05) is 0 Å². The fourth-order valence-corrected chi connectivity index (χ4v) is 2.51. The standard InChI is InChI=1S/C16H16ClF3N4/c1-8-5-13(8)23-15-21-7-9(2)14(24-15)22-10-3-4-12(17)11(6-10)16(18,19)20/h3-4,6-8,13H,5H2,1-2H3,(H2,21,22,23,24). The summed E-state index contributed by atoms with van der Waals surface area (Å²) >= 11 is 5.63. The number of hydrogen-bond acceptors (Lipinski definition) is 4. The Kier molecular flexibility index (Phi) is 4.29. The summed E-state index contributed by atoms with van der Waals surface area (Å²) in [4.78, 5) is 8.55. The zero-order valence-electron chi connectivity index (χ0n) is 13.1. The Morgan fingerprint density at radius 3 is 2.62 bits per heavy atom. The maximum Gasteiger partial charge on any atom is 0.417 e. The molecule has 0 amide bonds. The molecule has 8 heteroatoms. The van der Waals surface area contributed by atoms with Crippen molar-refractivity contribution in [2.24, 2.45) is 5.92 Å². The van der Waals surface area contributed by atoms with Crippen LogP contribution in [-0.2, 0) is 6.18 Å². The normalized spacial score (nSPS) is 19.9. The molecular weight excluding hydrogens is 341 g/mol. The smallest absolute Gasteiger partial charge is 0.351 e. The predicted octanol–water partition coefficient (Wildman–Crippen LogP) is 5.02. The maximum absolute atomic E-state index is 13.0. The van der Waals surface area contributed by atoms with Crippen LogP contribution in [0.25, 0.3) is 0 Å². The van der Waals surface area contributed by atoms with Crippen LogP contribution in [0.15, 0.2) is 24.4 Å². The monoisotopic (exact) mass is 356 g/mol. The zero-order chi connectivity index (χ0) is 17.5. The minimum atomic E-state index is -4.51. The molecule has 2 N–H and O–H groups in total.